The van der Waals surface area contributed by atoms with Gasteiger partial charge in [0, 0.05) is 25.3 Å². The molecule has 0 aliphatic carbocycles. The summed E-state index contributed by atoms with van der Waals surface area (Å²) in [6, 6.07) is 18.1. The van der Waals surface area contributed by atoms with E-state index in [-0.39, 0.29) is 11.8 Å². The number of benzene rings is 2. The zero-order valence-corrected chi connectivity index (χ0v) is 17.8. The van der Waals surface area contributed by atoms with Crippen LogP contribution in [0.4, 0.5) is 5.69 Å². The Kier molecular flexibility index (Phi) is 5.54. The third-order valence-electron chi connectivity index (χ3n) is 5.30. The summed E-state index contributed by atoms with van der Waals surface area (Å²) in [5.41, 5.74) is 11.0. The lowest BCUT2D eigenvalue weighted by Crippen LogP contribution is -2.21. The highest BCUT2D eigenvalue weighted by Crippen LogP contribution is 2.45. The number of ether oxygens (including phenoxy) is 2. The van der Waals surface area contributed by atoms with Crippen LogP contribution in [-0.4, -0.2) is 30.9 Å². The molecule has 0 fully saturated rings. The van der Waals surface area contributed by atoms with E-state index >= 15 is 0 Å². The molecule has 3 aromatic rings. The van der Waals surface area contributed by atoms with Crippen LogP contribution in [0.3, 0.4) is 0 Å². The van der Waals surface area contributed by atoms with Gasteiger partial charge in [-0.1, -0.05) is 19.1 Å². The van der Waals surface area contributed by atoms with Gasteiger partial charge in [0.2, 0.25) is 11.8 Å². The monoisotopic (exact) mass is 415 g/mol. The summed E-state index contributed by atoms with van der Waals surface area (Å²) in [6.07, 6.45) is 0.951. The van der Waals surface area contributed by atoms with Crippen LogP contribution in [0.15, 0.2) is 60.0 Å². The second-order valence-electron chi connectivity index (χ2n) is 7.60. The first kappa shape index (κ1) is 20.4. The van der Waals surface area contributed by atoms with Gasteiger partial charge in [-0.3, -0.25) is 5.10 Å². The highest BCUT2D eigenvalue weighted by Gasteiger charge is 2.35. The fourth-order valence-corrected chi connectivity index (χ4v) is 3.70. The predicted molar refractivity (Wildman–Crippen MR) is 120 cm³/mol. The topological polar surface area (TPSA) is 100 Å². The van der Waals surface area contributed by atoms with E-state index in [0.717, 1.165) is 40.2 Å². The van der Waals surface area contributed by atoms with Gasteiger partial charge in [-0.25, -0.2) is 0 Å². The Labute approximate surface area is 181 Å². The molecule has 7 nitrogen and oxygen atoms in total. The molecular weight excluding hydrogens is 390 g/mol. The lowest BCUT2D eigenvalue weighted by Gasteiger charge is -2.24. The average Bonchev–Trinajstić information content (AvgIpc) is 3.20. The molecule has 158 valence electrons. The minimum absolute atomic E-state index is 0.0815. The first-order chi connectivity index (χ1) is 15.0. The first-order valence-corrected chi connectivity index (χ1v) is 10.2. The molecule has 0 amide bonds. The molecule has 7 heteroatoms. The molecule has 2 aromatic carbocycles. The van der Waals surface area contributed by atoms with Crippen molar-refractivity contribution in [1.29, 1.82) is 5.26 Å². The van der Waals surface area contributed by atoms with Gasteiger partial charge in [-0.05, 0) is 48.4 Å². The Morgan fingerprint density at radius 3 is 2.48 bits per heavy atom. The maximum atomic E-state index is 9.86. The minimum Gasteiger partial charge on any atom is -0.494 e. The molecule has 1 atom stereocenters. The van der Waals surface area contributed by atoms with Crippen molar-refractivity contribution in [3.8, 4) is 29.0 Å². The number of H-pyrrole nitrogens is 1. The highest BCUT2D eigenvalue weighted by atomic mass is 16.5. The van der Waals surface area contributed by atoms with E-state index in [0.29, 0.717) is 18.1 Å². The number of nitrogens with two attached hydrogens (primary N) is 1. The van der Waals surface area contributed by atoms with Crippen molar-refractivity contribution >= 4 is 5.69 Å². The molecule has 0 bridgehead atoms. The van der Waals surface area contributed by atoms with Crippen LogP contribution >= 0.6 is 0 Å². The number of aromatic amines is 1. The number of anilines is 1. The number of hydrogen-bond donors (Lipinski definition) is 2. The van der Waals surface area contributed by atoms with E-state index in [9.17, 15) is 5.26 Å². The number of nitrogens with zero attached hydrogens (tertiary/aromatic N) is 3. The second-order valence-corrected chi connectivity index (χ2v) is 7.60. The van der Waals surface area contributed by atoms with Crippen molar-refractivity contribution in [2.75, 3.05) is 25.6 Å². The number of fused-ring (bicyclic) bond motifs is 1. The Balaban J connectivity index is 1.79. The summed E-state index contributed by atoms with van der Waals surface area (Å²) in [4.78, 5) is 2.03. The van der Waals surface area contributed by atoms with Crippen molar-refractivity contribution in [2.45, 2.75) is 19.3 Å². The summed E-state index contributed by atoms with van der Waals surface area (Å²) >= 11 is 0. The standard InChI is InChI=1S/C24H25N5O2/c1-4-13-30-18-11-7-16(8-12-18)22-21-20(15-5-9-17(10-6-15)29(2)3)19(14-25)23(26)31-24(21)28-27-22/h5-12,20H,4,13,26H2,1-3H3,(H,27,28)/t20-/m0/s1. The summed E-state index contributed by atoms with van der Waals surface area (Å²) in [5.74, 6) is 0.903. The van der Waals surface area contributed by atoms with E-state index in [1.807, 2.05) is 67.5 Å². The molecule has 2 heterocycles. The van der Waals surface area contributed by atoms with Gasteiger partial charge in [-0.2, -0.15) is 5.26 Å². The molecule has 3 N–H and O–H groups in total. The third kappa shape index (κ3) is 3.80. The molecule has 0 spiro atoms. The van der Waals surface area contributed by atoms with Crippen molar-refractivity contribution < 1.29 is 9.47 Å². The lowest BCUT2D eigenvalue weighted by molar-refractivity contribution is 0.317. The van der Waals surface area contributed by atoms with Gasteiger partial charge in [0.25, 0.3) is 0 Å². The first-order valence-electron chi connectivity index (χ1n) is 10.2. The Morgan fingerprint density at radius 1 is 1.16 bits per heavy atom. The minimum atomic E-state index is -0.380. The van der Waals surface area contributed by atoms with Crippen LogP contribution in [0.5, 0.6) is 11.6 Å². The van der Waals surface area contributed by atoms with Crippen LogP contribution in [0.25, 0.3) is 11.3 Å². The van der Waals surface area contributed by atoms with Gasteiger partial charge >= 0.3 is 0 Å². The zero-order valence-electron chi connectivity index (χ0n) is 17.8. The highest BCUT2D eigenvalue weighted by molar-refractivity contribution is 5.71. The molecule has 4 rings (SSSR count). The Morgan fingerprint density at radius 2 is 1.87 bits per heavy atom. The number of rotatable bonds is 6. The summed E-state index contributed by atoms with van der Waals surface area (Å²) in [7, 11) is 3.98. The van der Waals surface area contributed by atoms with E-state index in [1.54, 1.807) is 0 Å². The third-order valence-corrected chi connectivity index (χ3v) is 5.30. The van der Waals surface area contributed by atoms with Crippen LogP contribution in [0.1, 0.15) is 30.4 Å². The van der Waals surface area contributed by atoms with Crippen molar-refractivity contribution in [3.63, 3.8) is 0 Å². The van der Waals surface area contributed by atoms with Gasteiger partial charge in [0.05, 0.1) is 23.8 Å². The van der Waals surface area contributed by atoms with Crippen LogP contribution in [0, 0.1) is 11.3 Å². The lowest BCUT2D eigenvalue weighted by atomic mass is 9.83. The van der Waals surface area contributed by atoms with Gasteiger partial charge in [0.1, 0.15) is 17.4 Å². The molecule has 1 aliphatic rings. The maximum absolute atomic E-state index is 9.86. The van der Waals surface area contributed by atoms with Crippen LogP contribution < -0.4 is 20.1 Å². The van der Waals surface area contributed by atoms with Gasteiger partial charge < -0.3 is 20.1 Å². The molecule has 31 heavy (non-hydrogen) atoms. The average molecular weight is 415 g/mol. The molecule has 0 saturated heterocycles. The van der Waals surface area contributed by atoms with Gasteiger partial charge in [-0.15, -0.1) is 5.10 Å². The normalized spacial score (nSPS) is 15.1. The quantitative estimate of drug-likeness (QED) is 0.627. The van der Waals surface area contributed by atoms with E-state index in [2.05, 4.69) is 23.2 Å². The largest absolute Gasteiger partial charge is 0.494 e. The van der Waals surface area contributed by atoms with Gasteiger partial charge in [0.15, 0.2) is 0 Å². The zero-order chi connectivity index (χ0) is 22.0. The Hall–Kier alpha value is -3.92. The smallest absolute Gasteiger partial charge is 0.244 e. The summed E-state index contributed by atoms with van der Waals surface area (Å²) in [5, 5.41) is 17.3. The number of nitrogens with one attached hydrogen (secondary N) is 1. The number of allylic oxidation sites excluding steroid dienone is 1. The molecular formula is C24H25N5O2. The molecule has 0 unspecified atom stereocenters. The SMILES string of the molecule is CCCOc1ccc(-c2[nH]nc3c2[C@@H](c2ccc(N(C)C)cc2)C(C#N)=C(N)O3)cc1. The van der Waals surface area contributed by atoms with Crippen molar-refractivity contribution in [1.82, 2.24) is 10.2 Å². The molecule has 1 aliphatic heterocycles. The molecule has 0 saturated carbocycles. The molecule has 1 aromatic heterocycles. The van der Waals surface area contributed by atoms with Crippen molar-refractivity contribution in [2.24, 2.45) is 5.73 Å². The van der Waals surface area contributed by atoms with E-state index < -0.39 is 0 Å². The Bertz CT molecular complexity index is 1140. The second kappa shape index (κ2) is 8.44. The number of nitriles is 1. The number of hydrogen-bond acceptors (Lipinski definition) is 6. The molecule has 0 radical (unpaired) electrons. The van der Waals surface area contributed by atoms with E-state index in [4.69, 9.17) is 15.2 Å². The predicted octanol–water partition coefficient (Wildman–Crippen LogP) is 4.15. The maximum Gasteiger partial charge on any atom is 0.244 e. The van der Waals surface area contributed by atoms with Crippen LogP contribution in [0.2, 0.25) is 0 Å². The number of aromatic nitrogens is 2. The van der Waals surface area contributed by atoms with Crippen LogP contribution in [-0.2, 0) is 0 Å². The fourth-order valence-electron chi connectivity index (χ4n) is 3.70. The summed E-state index contributed by atoms with van der Waals surface area (Å²) in [6.45, 7) is 2.75. The van der Waals surface area contributed by atoms with Crippen molar-refractivity contribution in [3.05, 3.63) is 71.1 Å². The fraction of sp³-hybridized carbons (Fsp3) is 0.250. The summed E-state index contributed by atoms with van der Waals surface area (Å²) < 4.78 is 11.4. The van der Waals surface area contributed by atoms with E-state index in [1.165, 1.54) is 0 Å².